The second-order valence-corrected chi connectivity index (χ2v) is 8.76. The summed E-state index contributed by atoms with van der Waals surface area (Å²) in [6.07, 6.45) is 5.39. The van der Waals surface area contributed by atoms with E-state index >= 15 is 0 Å². The van der Waals surface area contributed by atoms with Gasteiger partial charge in [0.25, 0.3) is 0 Å². The molecule has 26 heavy (non-hydrogen) atoms. The number of aromatic hydroxyl groups is 1. The number of fused-ring (bicyclic) bond motifs is 3. The SMILES string of the molecule is CCCCCCC(C)(C)c1cc(O)c2c(c1)OC(F)(F)[C@@H]1CCCCC21. The predicted molar refractivity (Wildman–Crippen MR) is 100 cm³/mol. The van der Waals surface area contributed by atoms with Gasteiger partial charge in [0, 0.05) is 11.5 Å². The number of hydrogen-bond acceptors (Lipinski definition) is 2. The van der Waals surface area contributed by atoms with Crippen molar-refractivity contribution in [3.05, 3.63) is 23.3 Å². The number of rotatable bonds is 6. The van der Waals surface area contributed by atoms with Gasteiger partial charge in [0.2, 0.25) is 0 Å². The minimum Gasteiger partial charge on any atom is -0.508 e. The molecule has 4 heteroatoms. The summed E-state index contributed by atoms with van der Waals surface area (Å²) in [7, 11) is 0. The zero-order chi connectivity index (χ0) is 18.9. The van der Waals surface area contributed by atoms with Gasteiger partial charge in [0.1, 0.15) is 11.5 Å². The summed E-state index contributed by atoms with van der Waals surface area (Å²) in [5.74, 6) is -0.798. The number of halogens is 2. The van der Waals surface area contributed by atoms with Crippen molar-refractivity contribution in [1.29, 1.82) is 0 Å². The fourth-order valence-corrected chi connectivity index (χ4v) is 4.70. The van der Waals surface area contributed by atoms with Crippen LogP contribution in [0.1, 0.15) is 95.6 Å². The Morgan fingerprint density at radius 1 is 1.15 bits per heavy atom. The van der Waals surface area contributed by atoms with Gasteiger partial charge in [0.15, 0.2) is 0 Å². The van der Waals surface area contributed by atoms with Crippen LogP contribution < -0.4 is 4.74 Å². The summed E-state index contributed by atoms with van der Waals surface area (Å²) in [6.45, 7) is 6.41. The third-order valence-electron chi connectivity index (χ3n) is 6.37. The summed E-state index contributed by atoms with van der Waals surface area (Å²) < 4.78 is 34.3. The van der Waals surface area contributed by atoms with Crippen LogP contribution in [0.25, 0.3) is 0 Å². The molecule has 1 saturated carbocycles. The number of benzene rings is 1. The van der Waals surface area contributed by atoms with Gasteiger partial charge in [-0.05, 0) is 42.4 Å². The molecule has 1 aliphatic heterocycles. The van der Waals surface area contributed by atoms with Crippen LogP contribution in [-0.2, 0) is 5.41 Å². The highest BCUT2D eigenvalue weighted by molar-refractivity contribution is 5.53. The number of unbranched alkanes of at least 4 members (excludes halogenated alkanes) is 3. The Labute approximate surface area is 155 Å². The lowest BCUT2D eigenvalue weighted by atomic mass is 9.71. The molecule has 0 saturated heterocycles. The molecule has 0 radical (unpaired) electrons. The van der Waals surface area contributed by atoms with Gasteiger partial charge in [-0.2, -0.15) is 8.78 Å². The van der Waals surface area contributed by atoms with Crippen molar-refractivity contribution in [3.63, 3.8) is 0 Å². The van der Waals surface area contributed by atoms with Crippen LogP contribution in [0.4, 0.5) is 8.78 Å². The van der Waals surface area contributed by atoms with E-state index in [2.05, 4.69) is 20.8 Å². The number of phenolic OH excluding ortho intramolecular Hbond substituents is 1. The maximum atomic E-state index is 14.6. The maximum absolute atomic E-state index is 14.6. The van der Waals surface area contributed by atoms with Gasteiger partial charge in [0.05, 0.1) is 5.92 Å². The van der Waals surface area contributed by atoms with E-state index < -0.39 is 12.0 Å². The predicted octanol–water partition coefficient (Wildman–Crippen LogP) is 6.90. The molecule has 3 rings (SSSR count). The van der Waals surface area contributed by atoms with E-state index in [1.54, 1.807) is 12.1 Å². The molecule has 0 amide bonds. The van der Waals surface area contributed by atoms with E-state index in [1.165, 1.54) is 19.3 Å². The number of ether oxygens (including phenoxy) is 1. The molecule has 1 heterocycles. The first-order chi connectivity index (χ1) is 12.3. The molecular formula is C22H32F2O2. The molecule has 1 N–H and O–H groups in total. The largest absolute Gasteiger partial charge is 0.508 e. The highest BCUT2D eigenvalue weighted by atomic mass is 19.3. The van der Waals surface area contributed by atoms with Crippen LogP contribution in [0.5, 0.6) is 11.5 Å². The third kappa shape index (κ3) is 3.70. The van der Waals surface area contributed by atoms with E-state index in [4.69, 9.17) is 4.74 Å². The van der Waals surface area contributed by atoms with Crippen LogP contribution in [0.2, 0.25) is 0 Å². The second-order valence-electron chi connectivity index (χ2n) is 8.76. The van der Waals surface area contributed by atoms with Crippen molar-refractivity contribution in [3.8, 4) is 11.5 Å². The van der Waals surface area contributed by atoms with Crippen LogP contribution in [0.15, 0.2) is 12.1 Å². The standard InChI is InChI=1S/C22H32F2O2/c1-4-5-6-9-12-21(2,3)15-13-18(25)20-16-10-7-8-11-17(16)22(23,24)26-19(20)14-15/h13-14,16-17,25H,4-12H2,1-3H3/t16?,17-/m1/s1. The molecular weight excluding hydrogens is 334 g/mol. The molecule has 1 unspecified atom stereocenters. The molecule has 2 aliphatic rings. The first-order valence-electron chi connectivity index (χ1n) is 10.2. The monoisotopic (exact) mass is 366 g/mol. The van der Waals surface area contributed by atoms with E-state index in [1.807, 2.05) is 0 Å². The van der Waals surface area contributed by atoms with E-state index in [0.29, 0.717) is 18.4 Å². The molecule has 146 valence electrons. The fourth-order valence-electron chi connectivity index (χ4n) is 4.70. The first-order valence-corrected chi connectivity index (χ1v) is 10.2. The smallest absolute Gasteiger partial charge is 0.401 e. The summed E-state index contributed by atoms with van der Waals surface area (Å²) >= 11 is 0. The molecule has 1 fully saturated rings. The molecule has 2 atom stereocenters. The van der Waals surface area contributed by atoms with E-state index in [9.17, 15) is 13.9 Å². The van der Waals surface area contributed by atoms with Crippen LogP contribution in [0, 0.1) is 5.92 Å². The van der Waals surface area contributed by atoms with Gasteiger partial charge < -0.3 is 9.84 Å². The summed E-state index contributed by atoms with van der Waals surface area (Å²) in [5, 5.41) is 10.7. The van der Waals surface area contributed by atoms with Gasteiger partial charge in [-0.25, -0.2) is 0 Å². The normalized spacial score (nSPS) is 24.5. The summed E-state index contributed by atoms with van der Waals surface area (Å²) in [5.41, 5.74) is 1.31. The minimum absolute atomic E-state index is 0.131. The third-order valence-corrected chi connectivity index (χ3v) is 6.37. The van der Waals surface area contributed by atoms with Crippen LogP contribution >= 0.6 is 0 Å². The zero-order valence-corrected chi connectivity index (χ0v) is 16.3. The number of hydrogen-bond donors (Lipinski definition) is 1. The Bertz CT molecular complexity index is 639. The lowest BCUT2D eigenvalue weighted by Gasteiger charge is -2.42. The second kappa shape index (κ2) is 7.36. The highest BCUT2D eigenvalue weighted by Crippen LogP contribution is 2.56. The average molecular weight is 366 g/mol. The maximum Gasteiger partial charge on any atom is 0.401 e. The van der Waals surface area contributed by atoms with Gasteiger partial charge in [-0.1, -0.05) is 59.3 Å². The Morgan fingerprint density at radius 2 is 1.88 bits per heavy atom. The lowest BCUT2D eigenvalue weighted by molar-refractivity contribution is -0.236. The van der Waals surface area contributed by atoms with Crippen molar-refractivity contribution < 1.29 is 18.6 Å². The number of alkyl halides is 2. The van der Waals surface area contributed by atoms with E-state index in [0.717, 1.165) is 31.2 Å². The Hall–Kier alpha value is -1.32. The summed E-state index contributed by atoms with van der Waals surface area (Å²) in [4.78, 5) is 0. The first kappa shape index (κ1) is 19.4. The number of phenols is 1. The van der Waals surface area contributed by atoms with Gasteiger partial charge >= 0.3 is 6.11 Å². The molecule has 0 bridgehead atoms. The van der Waals surface area contributed by atoms with Gasteiger partial charge in [-0.3, -0.25) is 0 Å². The van der Waals surface area contributed by atoms with Crippen molar-refractivity contribution >= 4 is 0 Å². The topological polar surface area (TPSA) is 29.5 Å². The quantitative estimate of drug-likeness (QED) is 0.555. The van der Waals surface area contributed by atoms with Gasteiger partial charge in [-0.15, -0.1) is 0 Å². The molecule has 2 nitrogen and oxygen atoms in total. The zero-order valence-electron chi connectivity index (χ0n) is 16.3. The summed E-state index contributed by atoms with van der Waals surface area (Å²) in [6, 6.07) is 3.55. The molecule has 1 aromatic rings. The Kier molecular flexibility index (Phi) is 5.50. The van der Waals surface area contributed by atoms with Crippen molar-refractivity contribution in [2.45, 2.75) is 96.0 Å². The van der Waals surface area contributed by atoms with Crippen molar-refractivity contribution in [2.24, 2.45) is 5.92 Å². The Morgan fingerprint density at radius 3 is 2.62 bits per heavy atom. The van der Waals surface area contributed by atoms with Crippen LogP contribution in [-0.4, -0.2) is 11.2 Å². The van der Waals surface area contributed by atoms with Crippen LogP contribution in [0.3, 0.4) is 0 Å². The average Bonchev–Trinajstić information content (AvgIpc) is 2.58. The Balaban J connectivity index is 1.90. The van der Waals surface area contributed by atoms with Crippen molar-refractivity contribution in [2.75, 3.05) is 0 Å². The molecule has 0 spiro atoms. The minimum atomic E-state index is -3.14. The molecule has 0 aromatic heterocycles. The van der Waals surface area contributed by atoms with E-state index in [-0.39, 0.29) is 22.8 Å². The molecule has 1 aromatic carbocycles. The lowest BCUT2D eigenvalue weighted by Crippen LogP contribution is -2.43. The van der Waals surface area contributed by atoms with Crippen molar-refractivity contribution in [1.82, 2.24) is 0 Å². The molecule has 1 aliphatic carbocycles. The fraction of sp³-hybridized carbons (Fsp3) is 0.727. The highest BCUT2D eigenvalue weighted by Gasteiger charge is 2.53.